The average Bonchev–Trinajstić information content (AvgIpc) is 2.48. The van der Waals surface area contributed by atoms with Crippen LogP contribution in [0.25, 0.3) is 0 Å². The number of ether oxygens (including phenoxy) is 1. The summed E-state index contributed by atoms with van der Waals surface area (Å²) in [6, 6.07) is 4.94. The van der Waals surface area contributed by atoms with Crippen molar-refractivity contribution >= 4 is 6.03 Å². The van der Waals surface area contributed by atoms with Gasteiger partial charge in [0.1, 0.15) is 0 Å². The number of benzene rings is 1. The number of carbonyl (C=O) groups is 1. The molecule has 5 heteroatoms. The standard InChI is InChI=1S/C16H23FN2O2/c1-19(16(20)18-13-6-4-3-5-7-13)11-12-8-9-15(21-2)14(17)10-12/h8-10,13H,3-7,11H2,1-2H3,(H,18,20). The molecule has 1 aliphatic rings. The van der Waals surface area contributed by atoms with Gasteiger partial charge in [-0.2, -0.15) is 0 Å². The molecule has 0 heterocycles. The molecule has 0 aliphatic heterocycles. The SMILES string of the molecule is COc1ccc(CN(C)C(=O)NC2CCCCC2)cc1F. The average molecular weight is 294 g/mol. The summed E-state index contributed by atoms with van der Waals surface area (Å²) in [7, 11) is 3.15. The van der Waals surface area contributed by atoms with Crippen LogP contribution in [0.15, 0.2) is 18.2 Å². The predicted octanol–water partition coefficient (Wildman–Crippen LogP) is 3.31. The van der Waals surface area contributed by atoms with Crippen molar-refractivity contribution in [2.24, 2.45) is 0 Å². The Kier molecular flexibility index (Phi) is 5.42. The van der Waals surface area contributed by atoms with E-state index in [9.17, 15) is 9.18 Å². The van der Waals surface area contributed by atoms with E-state index in [-0.39, 0.29) is 17.8 Å². The highest BCUT2D eigenvalue weighted by molar-refractivity contribution is 5.74. The molecular formula is C16H23FN2O2. The minimum Gasteiger partial charge on any atom is -0.494 e. The van der Waals surface area contributed by atoms with Gasteiger partial charge in [0.05, 0.1) is 7.11 Å². The number of nitrogens with one attached hydrogen (secondary N) is 1. The quantitative estimate of drug-likeness (QED) is 0.925. The third kappa shape index (κ3) is 4.34. The second kappa shape index (κ2) is 7.29. The largest absolute Gasteiger partial charge is 0.494 e. The van der Waals surface area contributed by atoms with Crippen LogP contribution in [0.1, 0.15) is 37.7 Å². The molecule has 1 aliphatic carbocycles. The topological polar surface area (TPSA) is 41.6 Å². The Bertz CT molecular complexity index is 487. The molecule has 0 bridgehead atoms. The van der Waals surface area contributed by atoms with Gasteiger partial charge in [0.25, 0.3) is 0 Å². The second-order valence-corrected chi connectivity index (χ2v) is 5.61. The van der Waals surface area contributed by atoms with Gasteiger partial charge in [-0.25, -0.2) is 9.18 Å². The van der Waals surface area contributed by atoms with E-state index in [0.29, 0.717) is 6.54 Å². The molecule has 0 radical (unpaired) electrons. The van der Waals surface area contributed by atoms with Crippen LogP contribution in [0.5, 0.6) is 5.75 Å². The Labute approximate surface area is 125 Å². The molecule has 0 saturated heterocycles. The van der Waals surface area contributed by atoms with Crippen LogP contribution in [-0.2, 0) is 6.54 Å². The fraction of sp³-hybridized carbons (Fsp3) is 0.562. The Morgan fingerprint density at radius 3 is 2.71 bits per heavy atom. The number of hydrogen-bond acceptors (Lipinski definition) is 2. The van der Waals surface area contributed by atoms with Crippen molar-refractivity contribution in [3.63, 3.8) is 0 Å². The fourth-order valence-corrected chi connectivity index (χ4v) is 2.69. The lowest BCUT2D eigenvalue weighted by Crippen LogP contribution is -2.43. The lowest BCUT2D eigenvalue weighted by atomic mass is 9.96. The van der Waals surface area contributed by atoms with Gasteiger partial charge in [0, 0.05) is 19.6 Å². The fourth-order valence-electron chi connectivity index (χ4n) is 2.69. The van der Waals surface area contributed by atoms with E-state index in [2.05, 4.69) is 5.32 Å². The van der Waals surface area contributed by atoms with E-state index < -0.39 is 5.82 Å². The summed E-state index contributed by atoms with van der Waals surface area (Å²) in [5.74, 6) is -0.191. The predicted molar refractivity (Wildman–Crippen MR) is 79.8 cm³/mol. The summed E-state index contributed by atoms with van der Waals surface area (Å²) in [6.45, 7) is 0.374. The van der Waals surface area contributed by atoms with Gasteiger partial charge in [0.15, 0.2) is 11.6 Å². The maximum atomic E-state index is 13.6. The molecule has 4 nitrogen and oxygen atoms in total. The number of urea groups is 1. The first-order chi connectivity index (χ1) is 10.1. The van der Waals surface area contributed by atoms with E-state index in [1.54, 1.807) is 24.1 Å². The Hall–Kier alpha value is -1.78. The van der Waals surface area contributed by atoms with Gasteiger partial charge in [-0.05, 0) is 30.5 Å². The highest BCUT2D eigenvalue weighted by Crippen LogP contribution is 2.19. The first kappa shape index (κ1) is 15.6. The molecule has 2 rings (SSSR count). The van der Waals surface area contributed by atoms with Crippen molar-refractivity contribution in [1.29, 1.82) is 0 Å². The molecule has 0 unspecified atom stereocenters. The Balaban J connectivity index is 1.89. The molecule has 0 aromatic heterocycles. The zero-order valence-electron chi connectivity index (χ0n) is 12.7. The molecule has 1 N–H and O–H groups in total. The van der Waals surface area contributed by atoms with E-state index in [0.717, 1.165) is 18.4 Å². The Morgan fingerprint density at radius 2 is 2.10 bits per heavy atom. The highest BCUT2D eigenvalue weighted by Gasteiger charge is 2.18. The number of nitrogens with zero attached hydrogens (tertiary/aromatic N) is 1. The zero-order valence-corrected chi connectivity index (χ0v) is 12.7. The van der Waals surface area contributed by atoms with Crippen molar-refractivity contribution in [3.05, 3.63) is 29.6 Å². The summed E-state index contributed by atoms with van der Waals surface area (Å²) in [4.78, 5) is 13.7. The molecule has 1 aromatic rings. The van der Waals surface area contributed by atoms with E-state index in [1.165, 1.54) is 32.4 Å². The molecule has 1 aromatic carbocycles. The summed E-state index contributed by atoms with van der Waals surface area (Å²) >= 11 is 0. The van der Waals surface area contributed by atoms with Crippen molar-refractivity contribution in [2.45, 2.75) is 44.7 Å². The van der Waals surface area contributed by atoms with Crippen molar-refractivity contribution < 1.29 is 13.9 Å². The number of methoxy groups -OCH3 is 1. The van der Waals surface area contributed by atoms with Gasteiger partial charge in [-0.3, -0.25) is 0 Å². The van der Waals surface area contributed by atoms with Crippen LogP contribution >= 0.6 is 0 Å². The van der Waals surface area contributed by atoms with Crippen LogP contribution in [0.3, 0.4) is 0 Å². The third-order valence-electron chi connectivity index (χ3n) is 3.92. The molecule has 2 amide bonds. The van der Waals surface area contributed by atoms with E-state index in [4.69, 9.17) is 4.74 Å². The normalized spacial score (nSPS) is 15.6. The molecule has 116 valence electrons. The van der Waals surface area contributed by atoms with E-state index in [1.807, 2.05) is 0 Å². The van der Waals surface area contributed by atoms with Crippen LogP contribution < -0.4 is 10.1 Å². The smallest absolute Gasteiger partial charge is 0.317 e. The minimum absolute atomic E-state index is 0.0990. The van der Waals surface area contributed by atoms with Crippen molar-refractivity contribution in [2.75, 3.05) is 14.2 Å². The maximum absolute atomic E-state index is 13.6. The number of hydrogen-bond donors (Lipinski definition) is 1. The molecule has 0 atom stereocenters. The molecule has 1 saturated carbocycles. The van der Waals surface area contributed by atoms with Crippen LogP contribution in [0, 0.1) is 5.82 Å². The van der Waals surface area contributed by atoms with Gasteiger partial charge in [0.2, 0.25) is 0 Å². The monoisotopic (exact) mass is 294 g/mol. The molecule has 0 spiro atoms. The summed E-state index contributed by atoms with van der Waals surface area (Å²) in [6.07, 6.45) is 5.72. The second-order valence-electron chi connectivity index (χ2n) is 5.61. The van der Waals surface area contributed by atoms with Gasteiger partial charge < -0.3 is 15.0 Å². The number of carbonyl (C=O) groups excluding carboxylic acids is 1. The van der Waals surface area contributed by atoms with Crippen molar-refractivity contribution in [3.8, 4) is 5.75 Å². The van der Waals surface area contributed by atoms with E-state index >= 15 is 0 Å². The first-order valence-electron chi connectivity index (χ1n) is 7.44. The molecule has 1 fully saturated rings. The number of halogens is 1. The zero-order chi connectivity index (χ0) is 15.2. The number of amides is 2. The highest BCUT2D eigenvalue weighted by atomic mass is 19.1. The van der Waals surface area contributed by atoms with Gasteiger partial charge in [-0.15, -0.1) is 0 Å². The van der Waals surface area contributed by atoms with Crippen molar-refractivity contribution in [1.82, 2.24) is 10.2 Å². The van der Waals surface area contributed by atoms with Crippen LogP contribution in [-0.4, -0.2) is 31.1 Å². The van der Waals surface area contributed by atoms with Gasteiger partial charge >= 0.3 is 6.03 Å². The lowest BCUT2D eigenvalue weighted by molar-refractivity contribution is 0.198. The van der Waals surface area contributed by atoms with Gasteiger partial charge in [-0.1, -0.05) is 25.3 Å². The molecule has 21 heavy (non-hydrogen) atoms. The summed E-state index contributed by atoms with van der Waals surface area (Å²) in [5, 5.41) is 3.04. The van der Waals surface area contributed by atoms with Crippen LogP contribution in [0.2, 0.25) is 0 Å². The van der Waals surface area contributed by atoms with Crippen LogP contribution in [0.4, 0.5) is 9.18 Å². The molecular weight excluding hydrogens is 271 g/mol. The first-order valence-corrected chi connectivity index (χ1v) is 7.44. The summed E-state index contributed by atoms with van der Waals surface area (Å²) in [5.41, 5.74) is 0.745. The number of rotatable bonds is 4. The summed E-state index contributed by atoms with van der Waals surface area (Å²) < 4.78 is 18.5. The lowest BCUT2D eigenvalue weighted by Gasteiger charge is -2.26. The minimum atomic E-state index is -0.406. The Morgan fingerprint density at radius 1 is 1.38 bits per heavy atom. The maximum Gasteiger partial charge on any atom is 0.317 e. The third-order valence-corrected chi connectivity index (χ3v) is 3.92.